The van der Waals surface area contributed by atoms with Gasteiger partial charge in [0, 0.05) is 24.8 Å². The van der Waals surface area contributed by atoms with Gasteiger partial charge < -0.3 is 15.4 Å². The summed E-state index contributed by atoms with van der Waals surface area (Å²) in [6, 6.07) is 6.60. The predicted molar refractivity (Wildman–Crippen MR) is 87.3 cm³/mol. The van der Waals surface area contributed by atoms with Crippen molar-refractivity contribution < 1.29 is 9.53 Å². The number of carbonyl (C=O) groups excluding carboxylic acids is 1. The topological polar surface area (TPSA) is 50.4 Å². The van der Waals surface area contributed by atoms with E-state index in [0.717, 1.165) is 50.3 Å². The number of benzene rings is 1. The number of piperidine rings is 1. The highest BCUT2D eigenvalue weighted by Crippen LogP contribution is 2.26. The molecule has 0 aliphatic carbocycles. The lowest BCUT2D eigenvalue weighted by Gasteiger charge is -2.25. The van der Waals surface area contributed by atoms with E-state index < -0.39 is 0 Å². The molecule has 2 aliphatic heterocycles. The Labute approximate surface area is 132 Å². The molecule has 1 amide bonds. The Balaban J connectivity index is 1.66. The molecule has 1 aromatic carbocycles. The average molecular weight is 302 g/mol. The van der Waals surface area contributed by atoms with Crippen LogP contribution in [0.2, 0.25) is 0 Å². The molecule has 0 saturated carbocycles. The van der Waals surface area contributed by atoms with E-state index >= 15 is 0 Å². The summed E-state index contributed by atoms with van der Waals surface area (Å²) in [7, 11) is 0. The maximum absolute atomic E-state index is 12.5. The summed E-state index contributed by atoms with van der Waals surface area (Å²) >= 11 is 0. The Hall–Kier alpha value is -1.39. The highest BCUT2D eigenvalue weighted by atomic mass is 16.5. The van der Waals surface area contributed by atoms with Gasteiger partial charge in [-0.2, -0.15) is 0 Å². The number of aryl methyl sites for hydroxylation is 1. The number of ether oxygens (including phenoxy) is 1. The third kappa shape index (κ3) is 3.68. The van der Waals surface area contributed by atoms with Gasteiger partial charge in [0.15, 0.2) is 0 Å². The molecule has 2 N–H and O–H groups in total. The number of rotatable bonds is 3. The van der Waals surface area contributed by atoms with Crippen LogP contribution in [0.4, 0.5) is 0 Å². The van der Waals surface area contributed by atoms with Crippen molar-refractivity contribution in [3.8, 4) is 0 Å². The second kappa shape index (κ2) is 7.25. The largest absolute Gasteiger partial charge is 0.381 e. The molecule has 2 heterocycles. The van der Waals surface area contributed by atoms with E-state index in [2.05, 4.69) is 22.8 Å². The predicted octanol–water partition coefficient (Wildman–Crippen LogP) is 2.37. The Morgan fingerprint density at radius 1 is 1.18 bits per heavy atom. The fourth-order valence-corrected chi connectivity index (χ4v) is 3.46. The molecule has 0 spiro atoms. The van der Waals surface area contributed by atoms with E-state index in [4.69, 9.17) is 4.74 Å². The van der Waals surface area contributed by atoms with Gasteiger partial charge in [-0.05, 0) is 68.8 Å². The second-order valence-electron chi connectivity index (χ2n) is 6.46. The smallest absolute Gasteiger partial charge is 0.251 e. The molecule has 120 valence electrons. The summed E-state index contributed by atoms with van der Waals surface area (Å²) in [5.41, 5.74) is 3.27. The summed E-state index contributed by atoms with van der Waals surface area (Å²) in [5, 5.41) is 6.55. The molecule has 3 rings (SSSR count). The van der Waals surface area contributed by atoms with Crippen LogP contribution in [-0.4, -0.2) is 38.3 Å². The Bertz CT molecular complexity index is 518. The molecule has 2 saturated heterocycles. The summed E-state index contributed by atoms with van der Waals surface area (Å²) in [5.74, 6) is 0.689. The Morgan fingerprint density at radius 2 is 1.91 bits per heavy atom. The van der Waals surface area contributed by atoms with Crippen molar-refractivity contribution in [1.29, 1.82) is 0 Å². The van der Waals surface area contributed by atoms with Crippen molar-refractivity contribution in [1.82, 2.24) is 10.6 Å². The third-order valence-corrected chi connectivity index (χ3v) is 4.86. The lowest BCUT2D eigenvalue weighted by Crippen LogP contribution is -2.39. The van der Waals surface area contributed by atoms with Crippen LogP contribution >= 0.6 is 0 Å². The molecular weight excluding hydrogens is 276 g/mol. The number of amides is 1. The fourth-order valence-electron chi connectivity index (χ4n) is 3.46. The van der Waals surface area contributed by atoms with Crippen LogP contribution in [0.15, 0.2) is 18.2 Å². The minimum atomic E-state index is 0.0567. The van der Waals surface area contributed by atoms with Gasteiger partial charge in [0.2, 0.25) is 0 Å². The van der Waals surface area contributed by atoms with Crippen molar-refractivity contribution in [2.75, 3.05) is 26.3 Å². The van der Waals surface area contributed by atoms with Gasteiger partial charge in [0.1, 0.15) is 0 Å². The summed E-state index contributed by atoms with van der Waals surface area (Å²) in [4.78, 5) is 12.5. The highest BCUT2D eigenvalue weighted by molar-refractivity contribution is 5.95. The summed E-state index contributed by atoms with van der Waals surface area (Å²) < 4.78 is 5.34. The van der Waals surface area contributed by atoms with E-state index in [1.54, 1.807) is 0 Å². The lowest BCUT2D eigenvalue weighted by molar-refractivity contribution is 0.0696. The van der Waals surface area contributed by atoms with Gasteiger partial charge in [-0.15, -0.1) is 0 Å². The quantitative estimate of drug-likeness (QED) is 0.901. The molecule has 0 radical (unpaired) electrons. The van der Waals surface area contributed by atoms with Crippen molar-refractivity contribution in [3.05, 3.63) is 34.9 Å². The van der Waals surface area contributed by atoms with Crippen molar-refractivity contribution in [2.45, 2.75) is 44.6 Å². The van der Waals surface area contributed by atoms with Crippen LogP contribution in [0, 0.1) is 6.92 Å². The second-order valence-corrected chi connectivity index (χ2v) is 6.46. The highest BCUT2D eigenvalue weighted by Gasteiger charge is 2.20. The first-order valence-corrected chi connectivity index (χ1v) is 8.44. The molecule has 1 aromatic rings. The summed E-state index contributed by atoms with van der Waals surface area (Å²) in [6.07, 6.45) is 4.20. The van der Waals surface area contributed by atoms with Crippen LogP contribution in [0.5, 0.6) is 0 Å². The molecule has 4 heteroatoms. The van der Waals surface area contributed by atoms with Crippen molar-refractivity contribution >= 4 is 5.91 Å². The molecule has 0 aromatic heterocycles. The molecule has 2 fully saturated rings. The first kappa shape index (κ1) is 15.5. The van der Waals surface area contributed by atoms with Crippen LogP contribution in [0.25, 0.3) is 0 Å². The van der Waals surface area contributed by atoms with Gasteiger partial charge in [-0.1, -0.05) is 12.1 Å². The van der Waals surface area contributed by atoms with E-state index in [9.17, 15) is 4.79 Å². The SMILES string of the molecule is Cc1cc(C2CCNCC2)ccc1C(=O)NC1CCOCC1. The Kier molecular flexibility index (Phi) is 5.11. The maximum atomic E-state index is 12.5. The normalized spacial score (nSPS) is 20.8. The zero-order valence-electron chi connectivity index (χ0n) is 13.4. The zero-order chi connectivity index (χ0) is 15.4. The van der Waals surface area contributed by atoms with Crippen LogP contribution in [0.3, 0.4) is 0 Å². The van der Waals surface area contributed by atoms with E-state index in [1.165, 1.54) is 18.4 Å². The molecule has 22 heavy (non-hydrogen) atoms. The Morgan fingerprint density at radius 3 is 2.59 bits per heavy atom. The first-order valence-electron chi connectivity index (χ1n) is 8.44. The van der Waals surface area contributed by atoms with Crippen LogP contribution < -0.4 is 10.6 Å². The molecule has 0 atom stereocenters. The zero-order valence-corrected chi connectivity index (χ0v) is 13.4. The van der Waals surface area contributed by atoms with Crippen molar-refractivity contribution in [2.24, 2.45) is 0 Å². The molecule has 0 bridgehead atoms. The average Bonchev–Trinajstić information content (AvgIpc) is 2.56. The molecule has 0 unspecified atom stereocenters. The summed E-state index contributed by atoms with van der Waals surface area (Å²) in [6.45, 7) is 5.73. The van der Waals surface area contributed by atoms with Gasteiger partial charge in [0.25, 0.3) is 5.91 Å². The number of carbonyl (C=O) groups is 1. The van der Waals surface area contributed by atoms with Crippen LogP contribution in [0.1, 0.15) is 53.1 Å². The standard InChI is InChI=1S/C18H26N2O2/c1-13-12-15(14-4-8-19-9-5-14)2-3-17(13)18(21)20-16-6-10-22-11-7-16/h2-3,12,14,16,19H,4-11H2,1H3,(H,20,21). The minimum absolute atomic E-state index is 0.0567. The van der Waals surface area contributed by atoms with Crippen LogP contribution in [-0.2, 0) is 4.74 Å². The number of nitrogens with one attached hydrogen (secondary N) is 2. The third-order valence-electron chi connectivity index (χ3n) is 4.86. The van der Waals surface area contributed by atoms with Crippen molar-refractivity contribution in [3.63, 3.8) is 0 Å². The van der Waals surface area contributed by atoms with E-state index in [1.807, 2.05) is 13.0 Å². The van der Waals surface area contributed by atoms with Gasteiger partial charge in [-0.3, -0.25) is 4.79 Å². The number of hydrogen-bond acceptors (Lipinski definition) is 3. The monoisotopic (exact) mass is 302 g/mol. The van der Waals surface area contributed by atoms with E-state index in [-0.39, 0.29) is 11.9 Å². The first-order chi connectivity index (χ1) is 10.7. The number of hydrogen-bond donors (Lipinski definition) is 2. The van der Waals surface area contributed by atoms with Gasteiger partial charge in [0.05, 0.1) is 0 Å². The fraction of sp³-hybridized carbons (Fsp3) is 0.611. The molecular formula is C18H26N2O2. The van der Waals surface area contributed by atoms with Gasteiger partial charge in [-0.25, -0.2) is 0 Å². The maximum Gasteiger partial charge on any atom is 0.251 e. The molecule has 2 aliphatic rings. The lowest BCUT2D eigenvalue weighted by atomic mass is 9.88. The molecule has 4 nitrogen and oxygen atoms in total. The van der Waals surface area contributed by atoms with E-state index in [0.29, 0.717) is 5.92 Å². The minimum Gasteiger partial charge on any atom is -0.381 e. The van der Waals surface area contributed by atoms with Gasteiger partial charge >= 0.3 is 0 Å².